The number of pyridine rings is 1. The van der Waals surface area contributed by atoms with Crippen LogP contribution in [0.5, 0.6) is 0 Å². The normalized spacial score (nSPS) is 25.7. The topological polar surface area (TPSA) is 59.9 Å². The highest BCUT2D eigenvalue weighted by molar-refractivity contribution is 5.94. The molecule has 28 heavy (non-hydrogen) atoms. The number of hydrogen-bond acceptors (Lipinski definition) is 5. The fourth-order valence-electron chi connectivity index (χ4n) is 5.19. The number of likely N-dealkylation sites (tertiary alicyclic amines) is 1. The first-order valence-electron chi connectivity index (χ1n) is 10.8. The van der Waals surface area contributed by atoms with E-state index in [1.165, 1.54) is 0 Å². The molecule has 1 saturated carbocycles. The van der Waals surface area contributed by atoms with Gasteiger partial charge in [0.25, 0.3) is 5.91 Å². The van der Waals surface area contributed by atoms with Crippen molar-refractivity contribution in [2.75, 3.05) is 52.9 Å². The van der Waals surface area contributed by atoms with Crippen LogP contribution >= 0.6 is 0 Å². The summed E-state index contributed by atoms with van der Waals surface area (Å²) in [6.07, 6.45) is 9.48. The number of piperazine rings is 1. The Balaban J connectivity index is 1.27. The smallest absolute Gasteiger partial charge is 0.253 e. The number of likely N-dealkylation sites (N-methyl/N-ethyl adjacent to an activating group) is 1. The maximum absolute atomic E-state index is 12.7. The van der Waals surface area contributed by atoms with E-state index in [1.54, 1.807) is 24.5 Å². The Kier molecular flexibility index (Phi) is 5.72. The van der Waals surface area contributed by atoms with Gasteiger partial charge in [0.15, 0.2) is 0 Å². The van der Waals surface area contributed by atoms with Crippen LogP contribution in [0.3, 0.4) is 0 Å². The first-order chi connectivity index (χ1) is 13.5. The van der Waals surface area contributed by atoms with E-state index in [2.05, 4.69) is 21.8 Å². The third-order valence-corrected chi connectivity index (χ3v) is 7.39. The van der Waals surface area contributed by atoms with Gasteiger partial charge in [0, 0.05) is 63.8 Å². The molecule has 3 fully saturated rings. The van der Waals surface area contributed by atoms with Crippen LogP contribution in [0.15, 0.2) is 24.5 Å². The Hall–Kier alpha value is -1.50. The van der Waals surface area contributed by atoms with Gasteiger partial charge in [-0.15, -0.1) is 0 Å². The predicted octanol–water partition coefficient (Wildman–Crippen LogP) is 1.86. The van der Waals surface area contributed by atoms with Crippen molar-refractivity contribution < 1.29 is 9.90 Å². The van der Waals surface area contributed by atoms with E-state index >= 15 is 0 Å². The van der Waals surface area contributed by atoms with E-state index in [-0.39, 0.29) is 5.91 Å². The minimum atomic E-state index is -0.523. The molecule has 0 radical (unpaired) electrons. The van der Waals surface area contributed by atoms with Gasteiger partial charge in [-0.1, -0.05) is 0 Å². The summed E-state index contributed by atoms with van der Waals surface area (Å²) in [5, 5.41) is 11.2. The van der Waals surface area contributed by atoms with Crippen molar-refractivity contribution in [2.45, 2.75) is 44.1 Å². The Morgan fingerprint density at radius 1 is 0.964 bits per heavy atom. The summed E-state index contributed by atoms with van der Waals surface area (Å²) in [5.74, 6) is 0.125. The third-order valence-electron chi connectivity index (χ3n) is 7.39. The second-order valence-corrected chi connectivity index (χ2v) is 9.33. The van der Waals surface area contributed by atoms with E-state index in [0.717, 1.165) is 89.9 Å². The number of carbonyl (C=O) groups excluding carboxylic acids is 1. The summed E-state index contributed by atoms with van der Waals surface area (Å²) < 4.78 is 0. The number of aliphatic hydroxyl groups is 1. The van der Waals surface area contributed by atoms with Crippen molar-refractivity contribution in [3.63, 3.8) is 0 Å². The maximum atomic E-state index is 12.7. The molecule has 4 rings (SSSR count). The summed E-state index contributed by atoms with van der Waals surface area (Å²) >= 11 is 0. The molecule has 1 aliphatic carbocycles. The number of β-amino-alcohol motifs (C(OH)–C–C–N with tert-alkyl or cyclic N) is 1. The molecule has 6 nitrogen and oxygen atoms in total. The van der Waals surface area contributed by atoms with E-state index in [1.807, 2.05) is 4.90 Å². The van der Waals surface area contributed by atoms with Crippen molar-refractivity contribution in [3.05, 3.63) is 30.1 Å². The number of hydrogen-bond donors (Lipinski definition) is 1. The van der Waals surface area contributed by atoms with Crippen molar-refractivity contribution in [3.8, 4) is 0 Å². The fourth-order valence-corrected chi connectivity index (χ4v) is 5.19. The largest absolute Gasteiger partial charge is 0.389 e. The van der Waals surface area contributed by atoms with Gasteiger partial charge in [-0.2, -0.15) is 0 Å². The average molecular weight is 387 g/mol. The molecule has 1 N–H and O–H groups in total. The first kappa shape index (κ1) is 19.8. The van der Waals surface area contributed by atoms with E-state index in [9.17, 15) is 9.90 Å². The lowest BCUT2D eigenvalue weighted by molar-refractivity contribution is -0.0718. The van der Waals surface area contributed by atoms with Gasteiger partial charge < -0.3 is 14.9 Å². The van der Waals surface area contributed by atoms with E-state index < -0.39 is 5.60 Å². The van der Waals surface area contributed by atoms with Crippen LogP contribution in [0.4, 0.5) is 0 Å². The number of rotatable bonds is 3. The zero-order valence-corrected chi connectivity index (χ0v) is 17.1. The van der Waals surface area contributed by atoms with Gasteiger partial charge in [-0.25, -0.2) is 0 Å². The Morgan fingerprint density at radius 2 is 1.57 bits per heavy atom. The van der Waals surface area contributed by atoms with Gasteiger partial charge in [-0.05, 0) is 63.1 Å². The van der Waals surface area contributed by atoms with Gasteiger partial charge in [0.1, 0.15) is 0 Å². The molecule has 3 heterocycles. The predicted molar refractivity (Wildman–Crippen MR) is 109 cm³/mol. The van der Waals surface area contributed by atoms with Crippen LogP contribution < -0.4 is 0 Å². The molecule has 6 heteroatoms. The molecule has 154 valence electrons. The number of aromatic nitrogens is 1. The molecule has 0 bridgehead atoms. The van der Waals surface area contributed by atoms with Gasteiger partial charge in [0.2, 0.25) is 0 Å². The van der Waals surface area contributed by atoms with Crippen LogP contribution in [0, 0.1) is 5.41 Å². The average Bonchev–Trinajstić information content (AvgIpc) is 2.73. The minimum absolute atomic E-state index is 0.125. The molecule has 1 spiro atoms. The highest BCUT2D eigenvalue weighted by Gasteiger charge is 2.44. The van der Waals surface area contributed by atoms with Crippen LogP contribution in [-0.4, -0.2) is 89.2 Å². The van der Waals surface area contributed by atoms with Gasteiger partial charge >= 0.3 is 0 Å². The molecular formula is C22H34N4O2. The summed E-state index contributed by atoms with van der Waals surface area (Å²) in [7, 11) is 2.17. The Bertz CT molecular complexity index is 654. The standard InChI is InChI=1S/C22H34N4O2/c1-24-14-16-25(17-15-24)18-22(28)6-4-21(5-7-22)8-12-26(13-9-21)20(27)19-2-10-23-11-3-19/h2-3,10-11,28H,4-9,12-18H2,1H3. The Morgan fingerprint density at radius 3 is 2.18 bits per heavy atom. The summed E-state index contributed by atoms with van der Waals surface area (Å²) in [5.41, 5.74) is 0.533. The monoisotopic (exact) mass is 386 g/mol. The third kappa shape index (κ3) is 4.39. The maximum Gasteiger partial charge on any atom is 0.253 e. The number of amides is 1. The lowest BCUT2D eigenvalue weighted by atomic mass is 9.64. The summed E-state index contributed by atoms with van der Waals surface area (Å²) in [4.78, 5) is 23.5. The molecule has 1 amide bonds. The van der Waals surface area contributed by atoms with Crippen LogP contribution in [0.25, 0.3) is 0 Å². The second-order valence-electron chi connectivity index (χ2n) is 9.33. The molecule has 0 atom stereocenters. The summed E-state index contributed by atoms with van der Waals surface area (Å²) in [6, 6.07) is 3.59. The molecule has 1 aromatic heterocycles. The molecule has 0 aromatic carbocycles. The zero-order valence-electron chi connectivity index (χ0n) is 17.1. The van der Waals surface area contributed by atoms with Crippen molar-refractivity contribution in [1.29, 1.82) is 0 Å². The molecule has 1 aromatic rings. The van der Waals surface area contributed by atoms with Crippen LogP contribution in [0.1, 0.15) is 48.9 Å². The molecule has 2 saturated heterocycles. The second kappa shape index (κ2) is 8.09. The highest BCUT2D eigenvalue weighted by atomic mass is 16.3. The van der Waals surface area contributed by atoms with Gasteiger partial charge in [-0.3, -0.25) is 14.7 Å². The SMILES string of the molecule is CN1CCN(CC2(O)CCC3(CCN(C(=O)c4ccncc4)CC3)CC2)CC1. The lowest BCUT2D eigenvalue weighted by Gasteiger charge is -2.49. The number of nitrogens with zero attached hydrogens (tertiary/aromatic N) is 4. The molecule has 2 aliphatic heterocycles. The Labute approximate surface area is 168 Å². The zero-order chi connectivity index (χ0) is 19.6. The molecule has 3 aliphatic rings. The molecule has 0 unspecified atom stereocenters. The van der Waals surface area contributed by atoms with Gasteiger partial charge in [0.05, 0.1) is 5.60 Å². The quantitative estimate of drug-likeness (QED) is 0.859. The van der Waals surface area contributed by atoms with Crippen molar-refractivity contribution >= 4 is 5.91 Å². The van der Waals surface area contributed by atoms with Crippen molar-refractivity contribution in [2.24, 2.45) is 5.41 Å². The van der Waals surface area contributed by atoms with Crippen molar-refractivity contribution in [1.82, 2.24) is 19.7 Å². The van der Waals surface area contributed by atoms with E-state index in [4.69, 9.17) is 0 Å². The first-order valence-corrected chi connectivity index (χ1v) is 10.8. The van der Waals surface area contributed by atoms with E-state index in [0.29, 0.717) is 5.41 Å². The fraction of sp³-hybridized carbons (Fsp3) is 0.727. The number of carbonyl (C=O) groups is 1. The van der Waals surface area contributed by atoms with Crippen LogP contribution in [0.2, 0.25) is 0 Å². The number of piperidine rings is 1. The van der Waals surface area contributed by atoms with Crippen LogP contribution in [-0.2, 0) is 0 Å². The summed E-state index contributed by atoms with van der Waals surface area (Å²) in [6.45, 7) is 6.81. The lowest BCUT2D eigenvalue weighted by Crippen LogP contribution is -2.54. The highest BCUT2D eigenvalue weighted by Crippen LogP contribution is 2.47. The minimum Gasteiger partial charge on any atom is -0.389 e. The molecular weight excluding hydrogens is 352 g/mol.